The third kappa shape index (κ3) is 31.6. The summed E-state index contributed by atoms with van der Waals surface area (Å²) in [7, 11) is 0. The molecular formula is C25H47IO10. The number of halogens is 1. The van der Waals surface area contributed by atoms with Gasteiger partial charge in [0.1, 0.15) is 6.61 Å². The van der Waals surface area contributed by atoms with Crippen molar-refractivity contribution in [1.82, 2.24) is 0 Å². The Morgan fingerprint density at radius 2 is 0.778 bits per heavy atom. The molecule has 0 aromatic heterocycles. The van der Waals surface area contributed by atoms with E-state index >= 15 is 0 Å². The van der Waals surface area contributed by atoms with E-state index in [0.717, 1.165) is 19.1 Å². The SMILES string of the molecule is C=CC(=O)OCCOCCOCCOCCOCCOCCOCCOCCOCCCCCCI. The van der Waals surface area contributed by atoms with E-state index in [2.05, 4.69) is 29.2 Å². The first-order valence-corrected chi connectivity index (χ1v) is 14.3. The van der Waals surface area contributed by atoms with Crippen LogP contribution >= 0.6 is 22.6 Å². The number of carbonyl (C=O) groups is 1. The highest BCUT2D eigenvalue weighted by molar-refractivity contribution is 14.1. The molecule has 11 heteroatoms. The zero-order valence-corrected chi connectivity index (χ0v) is 24.0. The van der Waals surface area contributed by atoms with Crippen molar-refractivity contribution < 1.29 is 47.4 Å². The van der Waals surface area contributed by atoms with Gasteiger partial charge < -0.3 is 42.6 Å². The van der Waals surface area contributed by atoms with Gasteiger partial charge in [-0.2, -0.15) is 0 Å². The summed E-state index contributed by atoms with van der Waals surface area (Å²) in [5.41, 5.74) is 0. The Balaban J connectivity index is 3.03. The van der Waals surface area contributed by atoms with E-state index in [1.165, 1.54) is 23.7 Å². The van der Waals surface area contributed by atoms with Crippen molar-refractivity contribution in [2.45, 2.75) is 25.7 Å². The van der Waals surface area contributed by atoms with Gasteiger partial charge in [0.05, 0.1) is 99.1 Å². The van der Waals surface area contributed by atoms with Crippen molar-refractivity contribution in [2.75, 3.05) is 117 Å². The van der Waals surface area contributed by atoms with Gasteiger partial charge in [0.2, 0.25) is 0 Å². The van der Waals surface area contributed by atoms with Crippen molar-refractivity contribution >= 4 is 28.6 Å². The first kappa shape index (κ1) is 35.6. The fourth-order valence-corrected chi connectivity index (χ4v) is 3.09. The molecule has 0 bridgehead atoms. The average Bonchev–Trinajstić information content (AvgIpc) is 2.89. The first-order chi connectivity index (χ1) is 17.8. The Bertz CT molecular complexity index is 457. The molecule has 0 rings (SSSR count). The van der Waals surface area contributed by atoms with Crippen LogP contribution in [0.4, 0.5) is 0 Å². The molecule has 0 aromatic carbocycles. The number of esters is 1. The molecule has 0 aliphatic heterocycles. The van der Waals surface area contributed by atoms with E-state index in [-0.39, 0.29) is 6.61 Å². The molecule has 0 aliphatic rings. The first-order valence-electron chi connectivity index (χ1n) is 12.8. The van der Waals surface area contributed by atoms with Gasteiger partial charge in [-0.1, -0.05) is 42.0 Å². The van der Waals surface area contributed by atoms with Crippen LogP contribution < -0.4 is 0 Å². The van der Waals surface area contributed by atoms with Crippen LogP contribution in [0.25, 0.3) is 0 Å². The molecule has 0 radical (unpaired) electrons. The molecule has 0 aromatic rings. The van der Waals surface area contributed by atoms with Crippen molar-refractivity contribution in [2.24, 2.45) is 0 Å². The highest BCUT2D eigenvalue weighted by Crippen LogP contribution is 2.02. The molecule has 0 unspecified atom stereocenters. The van der Waals surface area contributed by atoms with Crippen LogP contribution in [0, 0.1) is 0 Å². The van der Waals surface area contributed by atoms with Crippen LogP contribution in [-0.2, 0) is 47.4 Å². The average molecular weight is 635 g/mol. The lowest BCUT2D eigenvalue weighted by Gasteiger charge is -2.08. The van der Waals surface area contributed by atoms with Crippen LogP contribution in [0.15, 0.2) is 12.7 Å². The fourth-order valence-electron chi connectivity index (χ4n) is 2.55. The third-order valence-electron chi connectivity index (χ3n) is 4.42. The summed E-state index contributed by atoms with van der Waals surface area (Å²) in [4.78, 5) is 10.8. The van der Waals surface area contributed by atoms with Gasteiger partial charge in [-0.15, -0.1) is 0 Å². The quantitative estimate of drug-likeness (QED) is 0.0372. The molecule has 0 amide bonds. The monoisotopic (exact) mass is 634 g/mol. The van der Waals surface area contributed by atoms with E-state index in [9.17, 15) is 4.79 Å². The lowest BCUT2D eigenvalue weighted by atomic mass is 10.2. The van der Waals surface area contributed by atoms with Gasteiger partial charge in [0.15, 0.2) is 0 Å². The maximum atomic E-state index is 10.8. The van der Waals surface area contributed by atoms with Crippen molar-refractivity contribution in [3.8, 4) is 0 Å². The van der Waals surface area contributed by atoms with Crippen LogP contribution in [0.1, 0.15) is 25.7 Å². The molecule has 0 saturated heterocycles. The zero-order chi connectivity index (χ0) is 26.2. The highest BCUT2D eigenvalue weighted by Gasteiger charge is 1.97. The third-order valence-corrected chi connectivity index (χ3v) is 5.18. The molecule has 0 spiro atoms. The van der Waals surface area contributed by atoms with Crippen LogP contribution in [0.3, 0.4) is 0 Å². The Kier molecular flexibility index (Phi) is 32.3. The largest absolute Gasteiger partial charge is 0.460 e. The normalized spacial score (nSPS) is 11.1. The number of unbranched alkanes of at least 4 members (excludes halogenated alkanes) is 3. The van der Waals surface area contributed by atoms with Gasteiger partial charge in [-0.25, -0.2) is 4.79 Å². The highest BCUT2D eigenvalue weighted by atomic mass is 127. The topological polar surface area (TPSA) is 100 Å². The molecular weight excluding hydrogens is 587 g/mol. The van der Waals surface area contributed by atoms with Crippen molar-refractivity contribution in [1.29, 1.82) is 0 Å². The van der Waals surface area contributed by atoms with Gasteiger partial charge in [-0.3, -0.25) is 0 Å². The minimum Gasteiger partial charge on any atom is -0.460 e. The summed E-state index contributed by atoms with van der Waals surface area (Å²) in [6.07, 6.45) is 6.09. The molecule has 0 saturated carbocycles. The van der Waals surface area contributed by atoms with Gasteiger partial charge >= 0.3 is 5.97 Å². The molecule has 0 N–H and O–H groups in total. The Morgan fingerprint density at radius 1 is 0.472 bits per heavy atom. The predicted octanol–water partition coefficient (Wildman–Crippen LogP) is 2.84. The minimum atomic E-state index is -0.453. The van der Waals surface area contributed by atoms with Gasteiger partial charge in [0.25, 0.3) is 0 Å². The van der Waals surface area contributed by atoms with E-state index in [1.807, 2.05) is 0 Å². The van der Waals surface area contributed by atoms with Crippen molar-refractivity contribution in [3.63, 3.8) is 0 Å². The molecule has 0 aliphatic carbocycles. The summed E-state index contributed by atoms with van der Waals surface area (Å²) in [6.45, 7) is 12.0. The number of hydrogen-bond acceptors (Lipinski definition) is 10. The second kappa shape index (κ2) is 32.6. The maximum Gasteiger partial charge on any atom is 0.330 e. The minimum absolute atomic E-state index is 0.206. The second-order valence-corrected chi connectivity index (χ2v) is 8.45. The summed E-state index contributed by atoms with van der Waals surface area (Å²) in [6, 6.07) is 0. The van der Waals surface area contributed by atoms with E-state index in [1.54, 1.807) is 0 Å². The van der Waals surface area contributed by atoms with Gasteiger partial charge in [-0.05, 0) is 17.3 Å². The molecule has 0 atom stereocenters. The maximum absolute atomic E-state index is 10.8. The summed E-state index contributed by atoms with van der Waals surface area (Å²) in [5.74, 6) is -0.453. The Morgan fingerprint density at radius 3 is 1.11 bits per heavy atom. The molecule has 0 heterocycles. The summed E-state index contributed by atoms with van der Waals surface area (Å²) < 4.78 is 49.4. The van der Waals surface area contributed by atoms with Crippen LogP contribution in [0.2, 0.25) is 0 Å². The lowest BCUT2D eigenvalue weighted by molar-refractivity contribution is -0.139. The Hall–Kier alpha value is -0.380. The number of alkyl halides is 1. The van der Waals surface area contributed by atoms with Crippen molar-refractivity contribution in [3.05, 3.63) is 12.7 Å². The molecule has 0 fully saturated rings. The number of carbonyl (C=O) groups excluding carboxylic acids is 1. The fraction of sp³-hybridized carbons (Fsp3) is 0.880. The van der Waals surface area contributed by atoms with Crippen LogP contribution in [0.5, 0.6) is 0 Å². The number of hydrogen-bond donors (Lipinski definition) is 0. The summed E-state index contributed by atoms with van der Waals surface area (Å²) >= 11 is 2.42. The summed E-state index contributed by atoms with van der Waals surface area (Å²) in [5, 5.41) is 0. The van der Waals surface area contributed by atoms with E-state index in [4.69, 9.17) is 42.6 Å². The molecule has 10 nitrogen and oxygen atoms in total. The van der Waals surface area contributed by atoms with E-state index < -0.39 is 5.97 Å². The lowest BCUT2D eigenvalue weighted by Crippen LogP contribution is -2.15. The molecule has 36 heavy (non-hydrogen) atoms. The number of rotatable bonds is 31. The standard InChI is InChI=1S/C25H47IO10/c1-2-25(27)36-24-23-35-22-21-34-20-19-33-18-17-32-16-15-31-14-13-30-12-11-29-10-9-28-8-6-4-3-5-7-26/h2H,1,3-24H2. The molecule has 214 valence electrons. The van der Waals surface area contributed by atoms with Crippen LogP contribution in [-0.4, -0.2) is 123 Å². The second-order valence-electron chi connectivity index (χ2n) is 7.37. The van der Waals surface area contributed by atoms with Gasteiger partial charge in [0, 0.05) is 12.7 Å². The zero-order valence-electron chi connectivity index (χ0n) is 21.8. The smallest absolute Gasteiger partial charge is 0.330 e. The number of ether oxygens (including phenoxy) is 9. The Labute approximate surface area is 230 Å². The predicted molar refractivity (Wildman–Crippen MR) is 145 cm³/mol. The van der Waals surface area contributed by atoms with E-state index in [0.29, 0.717) is 99.1 Å².